The van der Waals surface area contributed by atoms with Gasteiger partial charge in [-0.25, -0.2) is 13.1 Å². The molecule has 0 aliphatic heterocycles. The van der Waals surface area contributed by atoms with Crippen molar-refractivity contribution in [3.8, 4) is 0 Å². The van der Waals surface area contributed by atoms with E-state index >= 15 is 0 Å². The van der Waals surface area contributed by atoms with Gasteiger partial charge in [-0.3, -0.25) is 0 Å². The van der Waals surface area contributed by atoms with Crippen LogP contribution < -0.4 is 4.72 Å². The van der Waals surface area contributed by atoms with E-state index in [-0.39, 0.29) is 24.3 Å². The lowest BCUT2D eigenvalue weighted by Gasteiger charge is -2.25. The molecular formula is C9H18F3NO2S. The molecule has 0 amide bonds. The van der Waals surface area contributed by atoms with E-state index in [1.165, 1.54) is 0 Å². The quantitative estimate of drug-likeness (QED) is 0.825. The van der Waals surface area contributed by atoms with Gasteiger partial charge in [0.05, 0.1) is 0 Å². The summed E-state index contributed by atoms with van der Waals surface area (Å²) in [4.78, 5) is 0. The molecule has 0 rings (SSSR count). The van der Waals surface area contributed by atoms with Gasteiger partial charge in [-0.2, -0.15) is 13.2 Å². The highest BCUT2D eigenvalue weighted by Gasteiger charge is 2.45. The van der Waals surface area contributed by atoms with Crippen LogP contribution in [0.2, 0.25) is 0 Å². The van der Waals surface area contributed by atoms with Gasteiger partial charge in [0.1, 0.15) is 0 Å². The van der Waals surface area contributed by atoms with Gasteiger partial charge in [0.15, 0.2) is 0 Å². The van der Waals surface area contributed by atoms with Crippen molar-refractivity contribution in [2.24, 2.45) is 17.8 Å². The molecule has 1 N–H and O–H groups in total. The van der Waals surface area contributed by atoms with Crippen LogP contribution in [0.25, 0.3) is 0 Å². The lowest BCUT2D eigenvalue weighted by atomic mass is 9.86. The second kappa shape index (κ2) is 5.35. The summed E-state index contributed by atoms with van der Waals surface area (Å²) in [5, 5.41) is 0. The maximum Gasteiger partial charge on any atom is 0.511 e. The van der Waals surface area contributed by atoms with E-state index in [0.717, 1.165) is 0 Å². The summed E-state index contributed by atoms with van der Waals surface area (Å²) in [7, 11) is -5.21. The van der Waals surface area contributed by atoms with E-state index in [9.17, 15) is 21.6 Å². The molecule has 0 saturated carbocycles. The number of alkyl halides is 3. The molecule has 0 aromatic rings. The molecule has 0 bridgehead atoms. The summed E-state index contributed by atoms with van der Waals surface area (Å²) >= 11 is 0. The van der Waals surface area contributed by atoms with Crippen LogP contribution >= 0.6 is 0 Å². The normalized spacial score (nSPS) is 14.1. The predicted octanol–water partition coefficient (Wildman–Crippen LogP) is 2.35. The minimum Gasteiger partial charge on any atom is -0.207 e. The minimum absolute atomic E-state index is 0.114. The first kappa shape index (κ1) is 15.7. The van der Waals surface area contributed by atoms with E-state index in [0.29, 0.717) is 0 Å². The zero-order valence-corrected chi connectivity index (χ0v) is 10.6. The maximum absolute atomic E-state index is 12.0. The first-order valence-electron chi connectivity index (χ1n) is 5.05. The number of halogens is 3. The van der Waals surface area contributed by atoms with Crippen molar-refractivity contribution in [2.75, 3.05) is 6.54 Å². The van der Waals surface area contributed by atoms with Crippen LogP contribution in [0.4, 0.5) is 13.2 Å². The molecule has 0 atom stereocenters. The highest BCUT2D eigenvalue weighted by Crippen LogP contribution is 2.24. The lowest BCUT2D eigenvalue weighted by molar-refractivity contribution is -0.0449. The highest BCUT2D eigenvalue weighted by molar-refractivity contribution is 7.90. The first-order valence-corrected chi connectivity index (χ1v) is 6.53. The van der Waals surface area contributed by atoms with Gasteiger partial charge in [0.25, 0.3) is 0 Å². The SMILES string of the molecule is CC(C)C(CNS(=O)(=O)C(F)(F)F)C(C)C. The summed E-state index contributed by atoms with van der Waals surface area (Å²) in [6, 6.07) is 0. The van der Waals surface area contributed by atoms with Crippen molar-refractivity contribution in [3.63, 3.8) is 0 Å². The Morgan fingerprint density at radius 1 is 1.06 bits per heavy atom. The van der Waals surface area contributed by atoms with E-state index < -0.39 is 15.5 Å². The molecule has 98 valence electrons. The number of sulfonamides is 1. The molecule has 0 unspecified atom stereocenters. The van der Waals surface area contributed by atoms with Crippen molar-refractivity contribution in [1.82, 2.24) is 4.72 Å². The Morgan fingerprint density at radius 3 is 1.69 bits per heavy atom. The molecule has 3 nitrogen and oxygen atoms in total. The highest BCUT2D eigenvalue weighted by atomic mass is 32.2. The third-order valence-electron chi connectivity index (χ3n) is 2.53. The number of rotatable bonds is 5. The molecule has 0 radical (unpaired) electrons. The van der Waals surface area contributed by atoms with Gasteiger partial charge < -0.3 is 0 Å². The monoisotopic (exact) mass is 261 g/mol. The van der Waals surface area contributed by atoms with Crippen molar-refractivity contribution in [2.45, 2.75) is 33.2 Å². The van der Waals surface area contributed by atoms with Gasteiger partial charge in [-0.05, 0) is 17.8 Å². The Morgan fingerprint density at radius 2 is 1.44 bits per heavy atom. The Balaban J connectivity index is 4.56. The van der Waals surface area contributed by atoms with Crippen LogP contribution in [-0.2, 0) is 10.0 Å². The zero-order chi connectivity index (χ0) is 13.1. The van der Waals surface area contributed by atoms with E-state index in [1.807, 2.05) is 27.7 Å². The van der Waals surface area contributed by atoms with Gasteiger partial charge in [0, 0.05) is 6.54 Å². The van der Waals surface area contributed by atoms with E-state index in [2.05, 4.69) is 0 Å². The topological polar surface area (TPSA) is 46.2 Å². The van der Waals surface area contributed by atoms with Gasteiger partial charge >= 0.3 is 15.5 Å². The Bertz CT molecular complexity index is 301. The van der Waals surface area contributed by atoms with E-state index in [4.69, 9.17) is 0 Å². The molecule has 0 heterocycles. The average Bonchev–Trinajstić information content (AvgIpc) is 1.99. The molecule has 0 aliphatic rings. The number of nitrogens with one attached hydrogen (secondary N) is 1. The van der Waals surface area contributed by atoms with Crippen LogP contribution in [0.15, 0.2) is 0 Å². The summed E-state index contributed by atoms with van der Waals surface area (Å²) in [5.41, 5.74) is -5.23. The van der Waals surface area contributed by atoms with Gasteiger partial charge in [0.2, 0.25) is 0 Å². The van der Waals surface area contributed by atoms with Crippen LogP contribution in [0.3, 0.4) is 0 Å². The molecule has 0 spiro atoms. The van der Waals surface area contributed by atoms with Gasteiger partial charge in [-0.1, -0.05) is 27.7 Å². The van der Waals surface area contributed by atoms with Crippen molar-refractivity contribution >= 4 is 10.0 Å². The second-order valence-electron chi connectivity index (χ2n) is 4.45. The fourth-order valence-corrected chi connectivity index (χ4v) is 2.10. The van der Waals surface area contributed by atoms with E-state index in [1.54, 1.807) is 4.72 Å². The molecule has 0 aromatic heterocycles. The van der Waals surface area contributed by atoms with Crippen molar-refractivity contribution < 1.29 is 21.6 Å². The fraction of sp³-hybridized carbons (Fsp3) is 1.00. The lowest BCUT2D eigenvalue weighted by Crippen LogP contribution is -2.41. The van der Waals surface area contributed by atoms with Crippen LogP contribution in [0.1, 0.15) is 27.7 Å². The molecule has 0 saturated heterocycles. The summed E-state index contributed by atoms with van der Waals surface area (Å²) in [6.45, 7) is 7.23. The van der Waals surface area contributed by atoms with Crippen LogP contribution in [0, 0.1) is 17.8 Å². The standard InChI is InChI=1S/C9H18F3NO2S/c1-6(2)8(7(3)4)5-13-16(14,15)9(10,11)12/h6-8,13H,5H2,1-4H3. The molecule has 7 heteroatoms. The smallest absolute Gasteiger partial charge is 0.207 e. The van der Waals surface area contributed by atoms with Crippen molar-refractivity contribution in [3.05, 3.63) is 0 Å². The fourth-order valence-electron chi connectivity index (χ4n) is 1.53. The number of hydrogen-bond donors (Lipinski definition) is 1. The maximum atomic E-state index is 12.0. The largest absolute Gasteiger partial charge is 0.511 e. The molecule has 0 aliphatic carbocycles. The third kappa shape index (κ3) is 4.29. The van der Waals surface area contributed by atoms with Crippen LogP contribution in [0.5, 0.6) is 0 Å². The predicted molar refractivity (Wildman–Crippen MR) is 56.1 cm³/mol. The third-order valence-corrected chi connectivity index (χ3v) is 3.68. The Kier molecular flexibility index (Phi) is 5.25. The van der Waals surface area contributed by atoms with Gasteiger partial charge in [-0.15, -0.1) is 0 Å². The second-order valence-corrected chi connectivity index (χ2v) is 6.21. The minimum atomic E-state index is -5.23. The summed E-state index contributed by atoms with van der Waals surface area (Å²) in [5.74, 6) is 0.129. The summed E-state index contributed by atoms with van der Waals surface area (Å²) < 4.78 is 59.2. The zero-order valence-electron chi connectivity index (χ0n) is 9.80. The molecule has 16 heavy (non-hydrogen) atoms. The number of hydrogen-bond acceptors (Lipinski definition) is 2. The summed E-state index contributed by atoms with van der Waals surface area (Å²) in [6.07, 6.45) is 0. The molecule has 0 aromatic carbocycles. The van der Waals surface area contributed by atoms with Crippen molar-refractivity contribution in [1.29, 1.82) is 0 Å². The average molecular weight is 261 g/mol. The molecule has 0 fully saturated rings. The first-order chi connectivity index (χ1) is 6.99. The van der Waals surface area contributed by atoms with Crippen LogP contribution in [-0.4, -0.2) is 20.5 Å². The molecular weight excluding hydrogens is 243 g/mol. The Hall–Kier alpha value is -0.300. The Labute approximate surface area is 94.5 Å².